The number of hydrogen-bond acceptors (Lipinski definition) is 10. The van der Waals surface area contributed by atoms with E-state index in [1.807, 2.05) is 24.3 Å². The second kappa shape index (κ2) is 11.2. The van der Waals surface area contributed by atoms with E-state index < -0.39 is 28.4 Å². The molecule has 0 radical (unpaired) electrons. The number of rotatable bonds is 9. The Bertz CT molecular complexity index is 1370. The quantitative estimate of drug-likeness (QED) is 0.264. The summed E-state index contributed by atoms with van der Waals surface area (Å²) in [5.41, 5.74) is 8.13. The molecule has 0 amide bonds. The van der Waals surface area contributed by atoms with Gasteiger partial charge in [-0.2, -0.15) is 8.42 Å². The molecule has 0 bridgehead atoms. The topological polar surface area (TPSA) is 171 Å². The summed E-state index contributed by atoms with van der Waals surface area (Å²) in [6, 6.07) is 8.42. The summed E-state index contributed by atoms with van der Waals surface area (Å²) in [7, 11) is -4.11. The number of thiophene rings is 1. The molecule has 192 valence electrons. The lowest BCUT2D eigenvalue weighted by molar-refractivity contribution is 0.101. The number of aromatic nitrogens is 2. The zero-order chi connectivity index (χ0) is 26.0. The number of nitrogens with two attached hydrogens (primary N) is 2. The predicted octanol–water partition coefficient (Wildman–Crippen LogP) is 3.00. The number of aliphatic hydroxyl groups is 1. The largest absolute Gasteiger partial charge is 0.393 e. The zero-order valence-corrected chi connectivity index (χ0v) is 22.6. The fourth-order valence-corrected chi connectivity index (χ4v) is 6.19. The molecule has 1 aromatic carbocycles. The van der Waals surface area contributed by atoms with Crippen LogP contribution in [0.2, 0.25) is 4.34 Å². The van der Waals surface area contributed by atoms with E-state index in [2.05, 4.69) is 35.4 Å². The smallest absolute Gasteiger partial charge is 0.333 e. The number of carbonyl (C=O) groups excluding carboxylic acids is 1. The fraction of sp³-hybridized carbons (Fsp3) is 0.318. The monoisotopic (exact) mass is 615 g/mol. The minimum atomic E-state index is -4.11. The molecule has 4 rings (SSSR count). The molecule has 0 aliphatic heterocycles. The fourth-order valence-electron chi connectivity index (χ4n) is 4.11. The van der Waals surface area contributed by atoms with Gasteiger partial charge in [0.2, 0.25) is 5.78 Å². The molecular weight excluding hydrogens is 594 g/mol. The number of aliphatic hydroxyl groups excluding tert-OH is 1. The summed E-state index contributed by atoms with van der Waals surface area (Å²) in [6.45, 7) is -0.234. The van der Waals surface area contributed by atoms with Gasteiger partial charge in [0.25, 0.3) is 0 Å². The van der Waals surface area contributed by atoms with Crippen LogP contribution in [0.25, 0.3) is 0 Å². The summed E-state index contributed by atoms with van der Waals surface area (Å²) in [5.74, 6) is -0.479. The molecule has 1 unspecified atom stereocenters. The highest BCUT2D eigenvalue weighted by molar-refractivity contribution is 9.10. The third-order valence-electron chi connectivity index (χ3n) is 5.88. The van der Waals surface area contributed by atoms with Crippen LogP contribution in [0.5, 0.6) is 0 Å². The van der Waals surface area contributed by atoms with Crippen molar-refractivity contribution in [3.63, 3.8) is 0 Å². The molecule has 6 N–H and O–H groups in total. The lowest BCUT2D eigenvalue weighted by Crippen LogP contribution is -2.24. The van der Waals surface area contributed by atoms with E-state index in [1.165, 1.54) is 12.5 Å². The van der Waals surface area contributed by atoms with Crippen LogP contribution in [0.4, 0.5) is 5.82 Å². The summed E-state index contributed by atoms with van der Waals surface area (Å²) >= 11 is 11.0. The number of ketones is 1. The minimum absolute atomic E-state index is 0.233. The molecule has 1 fully saturated rings. The lowest BCUT2D eigenvalue weighted by atomic mass is 10.0. The maximum absolute atomic E-state index is 13.4. The molecule has 36 heavy (non-hydrogen) atoms. The summed E-state index contributed by atoms with van der Waals surface area (Å²) in [6.07, 6.45) is 2.62. The van der Waals surface area contributed by atoms with Gasteiger partial charge in [0, 0.05) is 28.2 Å². The average Bonchev–Trinajstić information content (AvgIpc) is 3.38. The molecule has 0 spiro atoms. The van der Waals surface area contributed by atoms with Crippen molar-refractivity contribution in [3.05, 3.63) is 73.2 Å². The Morgan fingerprint density at radius 2 is 2.14 bits per heavy atom. The molecule has 0 saturated heterocycles. The first kappa shape index (κ1) is 27.1. The van der Waals surface area contributed by atoms with Crippen LogP contribution < -0.4 is 16.2 Å². The highest BCUT2D eigenvalue weighted by Gasteiger charge is 2.35. The second-order valence-corrected chi connectivity index (χ2v) is 12.2. The second-order valence-electron chi connectivity index (χ2n) is 8.40. The van der Waals surface area contributed by atoms with Crippen molar-refractivity contribution in [2.75, 3.05) is 11.9 Å². The maximum Gasteiger partial charge on any atom is 0.333 e. The molecule has 2 aromatic heterocycles. The summed E-state index contributed by atoms with van der Waals surface area (Å²) in [5, 5.41) is 18.3. The van der Waals surface area contributed by atoms with Gasteiger partial charge in [-0.05, 0) is 36.6 Å². The van der Waals surface area contributed by atoms with Crippen LogP contribution in [0.15, 0.2) is 47.3 Å². The molecule has 3 aromatic rings. The van der Waals surface area contributed by atoms with Crippen LogP contribution in [0.3, 0.4) is 0 Å². The number of hydrogen-bond donors (Lipinski definition) is 4. The van der Waals surface area contributed by atoms with Crippen molar-refractivity contribution in [2.45, 2.75) is 31.0 Å². The molecule has 14 heteroatoms. The third-order valence-corrected chi connectivity index (χ3v) is 8.23. The Morgan fingerprint density at radius 1 is 1.36 bits per heavy atom. The Labute approximate surface area is 225 Å². The van der Waals surface area contributed by atoms with Crippen molar-refractivity contribution in [1.82, 2.24) is 9.97 Å². The SMILES string of the molecule is NC(c1cccc(Br)c1)c1cc(C(=O)c2cncnc2N[C@@H]2C[C@H](COS(N)(=O)=O)[C@@H](O)C2)sc1Cl. The van der Waals surface area contributed by atoms with Crippen molar-refractivity contribution in [1.29, 1.82) is 0 Å². The van der Waals surface area contributed by atoms with Crippen molar-refractivity contribution < 1.29 is 22.5 Å². The third kappa shape index (κ3) is 6.47. The highest BCUT2D eigenvalue weighted by atomic mass is 79.9. The van der Waals surface area contributed by atoms with Crippen molar-refractivity contribution in [2.24, 2.45) is 16.8 Å². The van der Waals surface area contributed by atoms with Crippen LogP contribution in [0, 0.1) is 5.92 Å². The molecule has 4 atom stereocenters. The molecule has 1 aliphatic rings. The molecule has 10 nitrogen and oxygen atoms in total. The van der Waals surface area contributed by atoms with Gasteiger partial charge in [-0.1, -0.05) is 39.7 Å². The zero-order valence-electron chi connectivity index (χ0n) is 18.7. The molecule has 1 saturated carbocycles. The average molecular weight is 617 g/mol. The van der Waals surface area contributed by atoms with Gasteiger partial charge < -0.3 is 16.2 Å². The van der Waals surface area contributed by atoms with E-state index in [9.17, 15) is 18.3 Å². The van der Waals surface area contributed by atoms with E-state index >= 15 is 0 Å². The van der Waals surface area contributed by atoms with Crippen LogP contribution >= 0.6 is 38.9 Å². The lowest BCUT2D eigenvalue weighted by Gasteiger charge is -2.15. The summed E-state index contributed by atoms with van der Waals surface area (Å²) < 4.78 is 28.1. The van der Waals surface area contributed by atoms with Crippen LogP contribution in [-0.4, -0.2) is 48.0 Å². The number of nitrogens with zero attached hydrogens (tertiary/aromatic N) is 2. The van der Waals surface area contributed by atoms with Gasteiger partial charge in [-0.25, -0.2) is 15.1 Å². The van der Waals surface area contributed by atoms with Gasteiger partial charge in [-0.3, -0.25) is 8.98 Å². The first-order chi connectivity index (χ1) is 17.0. The minimum Gasteiger partial charge on any atom is -0.393 e. The van der Waals surface area contributed by atoms with E-state index in [-0.39, 0.29) is 24.0 Å². The number of nitrogens with one attached hydrogen (secondary N) is 1. The van der Waals surface area contributed by atoms with Gasteiger partial charge in [0.1, 0.15) is 12.1 Å². The van der Waals surface area contributed by atoms with Gasteiger partial charge in [0.15, 0.2) is 0 Å². The van der Waals surface area contributed by atoms with Gasteiger partial charge in [0.05, 0.1) is 33.5 Å². The first-order valence-electron chi connectivity index (χ1n) is 10.8. The number of halogens is 2. The van der Waals surface area contributed by atoms with E-state index in [0.717, 1.165) is 21.4 Å². The Balaban J connectivity index is 1.51. The maximum atomic E-state index is 13.4. The normalized spacial score (nSPS) is 20.9. The molecular formula is C22H23BrClN5O5S2. The standard InChI is InChI=1S/C22H23BrClN5O5S2/c23-13-3-1-2-11(4-13)19(25)15-7-18(35-21(15)24)20(31)16-8-27-10-28-22(16)29-14-5-12(17(30)6-14)9-34-36(26,32)33/h1-4,7-8,10,12,14,17,19,30H,5-6,9,25H2,(H2,26,32,33)(H,27,28,29)/t12-,14-,17+,19?/m1/s1. The Morgan fingerprint density at radius 3 is 2.86 bits per heavy atom. The van der Waals surface area contributed by atoms with E-state index in [1.54, 1.807) is 6.07 Å². The number of carbonyl (C=O) groups is 1. The molecule has 2 heterocycles. The van der Waals surface area contributed by atoms with Crippen LogP contribution in [-0.2, 0) is 14.5 Å². The predicted molar refractivity (Wildman–Crippen MR) is 140 cm³/mol. The number of benzene rings is 1. The summed E-state index contributed by atoms with van der Waals surface area (Å²) in [4.78, 5) is 22.0. The molecule has 1 aliphatic carbocycles. The highest BCUT2D eigenvalue weighted by Crippen LogP contribution is 2.36. The van der Waals surface area contributed by atoms with Crippen molar-refractivity contribution >= 4 is 60.8 Å². The van der Waals surface area contributed by atoms with Gasteiger partial charge in [-0.15, -0.1) is 11.3 Å². The van der Waals surface area contributed by atoms with E-state index in [4.69, 9.17) is 22.5 Å². The Kier molecular flexibility index (Phi) is 8.42. The number of anilines is 1. The van der Waals surface area contributed by atoms with Crippen molar-refractivity contribution in [3.8, 4) is 0 Å². The van der Waals surface area contributed by atoms with Gasteiger partial charge >= 0.3 is 10.3 Å². The Hall–Kier alpha value is -1.97. The van der Waals surface area contributed by atoms with Crippen LogP contribution in [0.1, 0.15) is 45.2 Å². The first-order valence-corrected chi connectivity index (χ1v) is 14.2. The van der Waals surface area contributed by atoms with E-state index in [0.29, 0.717) is 33.4 Å².